The summed E-state index contributed by atoms with van der Waals surface area (Å²) in [6.07, 6.45) is 10.7. The van der Waals surface area contributed by atoms with Crippen LogP contribution in [0.4, 0.5) is 0 Å². The lowest BCUT2D eigenvalue weighted by molar-refractivity contribution is -0.156. The summed E-state index contributed by atoms with van der Waals surface area (Å²) in [5.41, 5.74) is 1.16. The lowest BCUT2D eigenvalue weighted by Gasteiger charge is -2.57. The normalized spacial score (nSPS) is 44.4. The van der Waals surface area contributed by atoms with Gasteiger partial charge in [-0.25, -0.2) is 0 Å². The monoisotopic (exact) mass is 372 g/mol. The van der Waals surface area contributed by atoms with Gasteiger partial charge in [-0.15, -0.1) is 0 Å². The Bertz CT molecular complexity index is 694. The minimum Gasteiger partial charge on any atom is -0.463 e. The van der Waals surface area contributed by atoms with Crippen molar-refractivity contribution < 1.29 is 19.1 Å². The Morgan fingerprint density at radius 2 is 1.96 bits per heavy atom. The zero-order valence-corrected chi connectivity index (χ0v) is 16.8. The summed E-state index contributed by atoms with van der Waals surface area (Å²) in [6, 6.07) is 0. The molecule has 0 spiro atoms. The largest absolute Gasteiger partial charge is 0.463 e. The Morgan fingerprint density at radius 3 is 2.67 bits per heavy atom. The Morgan fingerprint density at radius 1 is 1.19 bits per heavy atom. The van der Waals surface area contributed by atoms with E-state index in [1.54, 1.807) is 0 Å². The number of rotatable bonds is 3. The Balaban J connectivity index is 1.63. The third-order valence-corrected chi connectivity index (χ3v) is 8.75. The summed E-state index contributed by atoms with van der Waals surface area (Å²) in [5, 5.41) is 0. The molecule has 0 amide bonds. The number of esters is 1. The number of ketones is 1. The van der Waals surface area contributed by atoms with Crippen molar-refractivity contribution >= 4 is 18.0 Å². The van der Waals surface area contributed by atoms with E-state index in [9.17, 15) is 14.4 Å². The Labute approximate surface area is 162 Å². The molecule has 4 aliphatic carbocycles. The number of hydrogen-bond acceptors (Lipinski definition) is 4. The second-order valence-corrected chi connectivity index (χ2v) is 9.74. The fourth-order valence-electron chi connectivity index (χ4n) is 7.58. The summed E-state index contributed by atoms with van der Waals surface area (Å²) < 4.78 is 5.52. The fraction of sp³-hybridized carbons (Fsp3) is 0.783. The standard InChI is InChI=1S/C23H32O4/c1-14(27-15(2)25)19-6-7-21-18-5-4-16-12-17(26)8-10-22(16,3)20(18)9-11-23(19,21)13-24/h12-14,18-21H,4-11H2,1-3H3/t14?,18-,19-,20+,21+,22+,23+/m1/s1. The van der Waals surface area contributed by atoms with E-state index in [4.69, 9.17) is 4.74 Å². The molecule has 0 bridgehead atoms. The number of fused-ring (bicyclic) bond motifs is 5. The van der Waals surface area contributed by atoms with Crippen LogP contribution in [0.5, 0.6) is 0 Å². The van der Waals surface area contributed by atoms with Crippen LogP contribution in [0.1, 0.15) is 72.1 Å². The van der Waals surface area contributed by atoms with Crippen LogP contribution in [0.15, 0.2) is 11.6 Å². The van der Waals surface area contributed by atoms with Crippen molar-refractivity contribution in [3.05, 3.63) is 11.6 Å². The van der Waals surface area contributed by atoms with E-state index in [-0.39, 0.29) is 34.6 Å². The first kappa shape index (κ1) is 18.9. The number of ether oxygens (including phenoxy) is 1. The van der Waals surface area contributed by atoms with E-state index >= 15 is 0 Å². The topological polar surface area (TPSA) is 60.4 Å². The van der Waals surface area contributed by atoms with Gasteiger partial charge in [-0.3, -0.25) is 9.59 Å². The molecule has 4 aliphatic rings. The maximum absolute atomic E-state index is 12.4. The summed E-state index contributed by atoms with van der Waals surface area (Å²) in [7, 11) is 0. The van der Waals surface area contributed by atoms with Crippen LogP contribution in [0, 0.1) is 34.5 Å². The highest BCUT2D eigenvalue weighted by atomic mass is 16.5. The van der Waals surface area contributed by atoms with Gasteiger partial charge in [0.25, 0.3) is 0 Å². The molecule has 0 heterocycles. The van der Waals surface area contributed by atoms with Gasteiger partial charge in [0.2, 0.25) is 0 Å². The molecule has 148 valence electrons. The molecule has 0 radical (unpaired) electrons. The molecule has 7 atom stereocenters. The minimum absolute atomic E-state index is 0.130. The van der Waals surface area contributed by atoms with Crippen LogP contribution in [0.2, 0.25) is 0 Å². The first-order valence-electron chi connectivity index (χ1n) is 10.7. The predicted octanol–water partition coefficient (Wildman–Crippen LogP) is 4.27. The zero-order chi connectivity index (χ0) is 19.4. The van der Waals surface area contributed by atoms with Crippen molar-refractivity contribution in [1.82, 2.24) is 0 Å². The molecule has 0 aromatic rings. The van der Waals surface area contributed by atoms with Gasteiger partial charge in [-0.1, -0.05) is 12.5 Å². The SMILES string of the molecule is CC(=O)OC(C)[C@H]1CC[C@H]2[C@@H]3CCC4=CC(=O)CC[C@]4(C)[C@H]3CC[C@]12C=O. The van der Waals surface area contributed by atoms with Crippen molar-refractivity contribution in [1.29, 1.82) is 0 Å². The van der Waals surface area contributed by atoms with Crippen LogP contribution in [0.25, 0.3) is 0 Å². The maximum atomic E-state index is 12.4. The van der Waals surface area contributed by atoms with Crippen molar-refractivity contribution in [2.45, 2.75) is 78.2 Å². The molecule has 0 saturated heterocycles. The van der Waals surface area contributed by atoms with E-state index in [1.165, 1.54) is 18.8 Å². The number of hydrogen-bond donors (Lipinski definition) is 0. The molecule has 1 unspecified atom stereocenters. The Kier molecular flexibility index (Phi) is 4.59. The summed E-state index contributed by atoms with van der Waals surface area (Å²) in [6.45, 7) is 5.78. The lowest BCUT2D eigenvalue weighted by Crippen LogP contribution is -2.53. The first-order valence-corrected chi connectivity index (χ1v) is 10.7. The molecule has 0 N–H and O–H groups in total. The van der Waals surface area contributed by atoms with Gasteiger partial charge in [0.15, 0.2) is 5.78 Å². The number of aldehydes is 1. The van der Waals surface area contributed by atoms with E-state index in [2.05, 4.69) is 6.92 Å². The average Bonchev–Trinajstić information content (AvgIpc) is 3.02. The highest BCUT2D eigenvalue weighted by Crippen LogP contribution is 2.66. The molecule has 4 nitrogen and oxygen atoms in total. The van der Waals surface area contributed by atoms with Crippen LogP contribution in [-0.4, -0.2) is 24.1 Å². The molecule has 4 heteroatoms. The van der Waals surface area contributed by atoms with Crippen LogP contribution < -0.4 is 0 Å². The van der Waals surface area contributed by atoms with Crippen molar-refractivity contribution in [2.24, 2.45) is 34.5 Å². The fourth-order valence-corrected chi connectivity index (χ4v) is 7.58. The zero-order valence-electron chi connectivity index (χ0n) is 16.8. The van der Waals surface area contributed by atoms with Gasteiger partial charge >= 0.3 is 5.97 Å². The second kappa shape index (κ2) is 6.56. The van der Waals surface area contributed by atoms with Gasteiger partial charge in [0.05, 0.1) is 0 Å². The van der Waals surface area contributed by atoms with Crippen LogP contribution >= 0.6 is 0 Å². The van der Waals surface area contributed by atoms with Crippen molar-refractivity contribution in [3.63, 3.8) is 0 Å². The van der Waals surface area contributed by atoms with Crippen LogP contribution in [0.3, 0.4) is 0 Å². The summed E-state index contributed by atoms with van der Waals surface area (Å²) >= 11 is 0. The number of carbonyl (C=O) groups excluding carboxylic acids is 3. The third-order valence-electron chi connectivity index (χ3n) is 8.75. The van der Waals surface area contributed by atoms with Gasteiger partial charge in [0.1, 0.15) is 12.4 Å². The van der Waals surface area contributed by atoms with Gasteiger partial charge in [-0.2, -0.15) is 0 Å². The average molecular weight is 373 g/mol. The molecular weight excluding hydrogens is 340 g/mol. The highest BCUT2D eigenvalue weighted by Gasteiger charge is 2.62. The molecule has 4 rings (SSSR count). The lowest BCUT2D eigenvalue weighted by atomic mass is 9.46. The van der Waals surface area contributed by atoms with Gasteiger partial charge in [-0.05, 0) is 81.1 Å². The van der Waals surface area contributed by atoms with Gasteiger partial charge < -0.3 is 9.53 Å². The smallest absolute Gasteiger partial charge is 0.302 e. The van der Waals surface area contributed by atoms with Crippen molar-refractivity contribution in [3.8, 4) is 0 Å². The quantitative estimate of drug-likeness (QED) is 0.548. The molecule has 0 aromatic heterocycles. The molecule has 0 aromatic carbocycles. The Hall–Kier alpha value is -1.45. The first-order chi connectivity index (χ1) is 12.8. The number of allylic oxidation sites excluding steroid dienone is 1. The molecule has 0 aliphatic heterocycles. The molecular formula is C23H32O4. The van der Waals surface area contributed by atoms with Crippen molar-refractivity contribution in [2.75, 3.05) is 0 Å². The van der Waals surface area contributed by atoms with E-state index in [0.717, 1.165) is 44.9 Å². The van der Waals surface area contributed by atoms with E-state index in [0.29, 0.717) is 24.2 Å². The third kappa shape index (κ3) is 2.74. The van der Waals surface area contributed by atoms with Gasteiger partial charge in [0, 0.05) is 24.7 Å². The highest BCUT2D eigenvalue weighted by molar-refractivity contribution is 5.91. The predicted molar refractivity (Wildman–Crippen MR) is 102 cm³/mol. The van der Waals surface area contributed by atoms with E-state index in [1.807, 2.05) is 13.0 Å². The second-order valence-electron chi connectivity index (χ2n) is 9.74. The van der Waals surface area contributed by atoms with Crippen LogP contribution in [-0.2, 0) is 19.1 Å². The maximum Gasteiger partial charge on any atom is 0.302 e. The minimum atomic E-state index is -0.335. The molecule has 3 saturated carbocycles. The molecule has 3 fully saturated rings. The van der Waals surface area contributed by atoms with E-state index < -0.39 is 0 Å². The summed E-state index contributed by atoms with van der Waals surface area (Å²) in [5.74, 6) is 1.69. The summed E-state index contributed by atoms with van der Waals surface area (Å²) in [4.78, 5) is 35.9. The number of carbonyl (C=O) groups is 3. The molecule has 27 heavy (non-hydrogen) atoms.